The molecule has 0 saturated carbocycles. The molecule has 2 N–H and O–H groups in total. The van der Waals surface area contributed by atoms with Crippen molar-refractivity contribution in [2.75, 3.05) is 0 Å². The predicted octanol–water partition coefficient (Wildman–Crippen LogP) is 2.73. The molecule has 0 heterocycles. The van der Waals surface area contributed by atoms with Gasteiger partial charge < -0.3 is 0 Å². The summed E-state index contributed by atoms with van der Waals surface area (Å²) in [6.45, 7) is 3.88. The van der Waals surface area contributed by atoms with Crippen LogP contribution in [0.15, 0.2) is 18.2 Å². The summed E-state index contributed by atoms with van der Waals surface area (Å²) in [5.41, 5.74) is 0.775. The molecule has 0 fully saturated rings. The second-order valence-corrected chi connectivity index (χ2v) is 9.08. The molecule has 0 aromatic heterocycles. The number of benzene rings is 1. The molecule has 4 nitrogen and oxygen atoms in total. The Morgan fingerprint density at radius 3 is 2.59 bits per heavy atom. The number of hydrogen-bond acceptors (Lipinski definition) is 4. The van der Waals surface area contributed by atoms with E-state index in [1.807, 2.05) is 13.8 Å². The van der Waals surface area contributed by atoms with E-state index in [9.17, 15) is 0 Å². The number of rotatable bonds is 5. The maximum atomic E-state index is 5.85. The van der Waals surface area contributed by atoms with Crippen molar-refractivity contribution in [3.63, 3.8) is 0 Å². The molecule has 0 bridgehead atoms. The second kappa shape index (κ2) is 7.29. The molecule has 0 amide bonds. The van der Waals surface area contributed by atoms with Crippen molar-refractivity contribution in [2.45, 2.75) is 20.0 Å². The third kappa shape index (κ3) is 5.32. The first kappa shape index (κ1) is 14.9. The van der Waals surface area contributed by atoms with E-state index in [4.69, 9.17) is 34.9 Å². The zero-order valence-electron chi connectivity index (χ0n) is 9.30. The molecular weight excluding hydrogens is 354 g/mol. The normalized spacial score (nSPS) is 11.3. The van der Waals surface area contributed by atoms with Gasteiger partial charge in [-0.2, -0.15) is 0 Å². The Kier molecular flexibility index (Phi) is 6.38. The molecule has 1 aromatic carbocycles. The van der Waals surface area contributed by atoms with Gasteiger partial charge in [0.25, 0.3) is 0 Å². The Hall–Kier alpha value is -0.187. The molecule has 98 valence electrons. The average molecular weight is 367 g/mol. The van der Waals surface area contributed by atoms with E-state index in [1.54, 1.807) is 22.8 Å². The van der Waals surface area contributed by atoms with Crippen LogP contribution >= 0.6 is 19.4 Å². The van der Waals surface area contributed by atoms with Gasteiger partial charge in [-0.05, 0) is 0 Å². The molecule has 17 heavy (non-hydrogen) atoms. The number of ether oxygens (including phenoxy) is 1. The molecule has 0 spiro atoms. The monoisotopic (exact) mass is 367 g/mol. The van der Waals surface area contributed by atoms with Gasteiger partial charge in [-0.3, -0.25) is 0 Å². The van der Waals surface area contributed by atoms with Gasteiger partial charge in [-0.15, -0.1) is 0 Å². The quantitative estimate of drug-likeness (QED) is 0.494. The van der Waals surface area contributed by atoms with Crippen molar-refractivity contribution in [1.82, 2.24) is 0 Å². The molecule has 1 rings (SSSR count). The van der Waals surface area contributed by atoms with E-state index in [0.717, 1.165) is 5.56 Å². The maximum absolute atomic E-state index is 5.85. The van der Waals surface area contributed by atoms with E-state index < -0.39 is 13.5 Å². The van der Waals surface area contributed by atoms with Crippen LogP contribution in [-0.2, 0) is 18.5 Å². The minimum absolute atomic E-state index is 0.0611. The molecule has 0 aliphatic heterocycles. The second-order valence-electron chi connectivity index (χ2n) is 3.35. The number of halogens is 2. The summed E-state index contributed by atoms with van der Waals surface area (Å²) in [4.78, 5) is 8.82. The third-order valence-electron chi connectivity index (χ3n) is 1.68. The van der Waals surface area contributed by atoms with Crippen LogP contribution in [0.3, 0.4) is 0 Å². The minimum atomic E-state index is -1.94. The van der Waals surface area contributed by atoms with E-state index in [2.05, 4.69) is 4.99 Å². The summed E-state index contributed by atoms with van der Waals surface area (Å²) in [6, 6.07) is 5.14. The van der Waals surface area contributed by atoms with Gasteiger partial charge in [0.05, 0.1) is 0 Å². The topological polar surface area (TPSA) is 53.7 Å². The molecule has 0 atom stereocenters. The van der Waals surface area contributed by atoms with Crippen LogP contribution in [0.25, 0.3) is 0 Å². The van der Waals surface area contributed by atoms with Crippen molar-refractivity contribution in [1.29, 1.82) is 0 Å². The van der Waals surface area contributed by atoms with Crippen LogP contribution in [0.2, 0.25) is 0 Å². The Bertz CT molecular complexity index is 409. The summed E-state index contributed by atoms with van der Waals surface area (Å²) >= 11 is -1.94. The van der Waals surface area contributed by atoms with Crippen LogP contribution in [0, 0.1) is 0 Å². The van der Waals surface area contributed by atoms with Crippen molar-refractivity contribution in [3.05, 3.63) is 23.8 Å². The Labute approximate surface area is 113 Å². The van der Waals surface area contributed by atoms with Gasteiger partial charge in [0.1, 0.15) is 0 Å². The van der Waals surface area contributed by atoms with E-state index >= 15 is 0 Å². The van der Waals surface area contributed by atoms with Gasteiger partial charge in [-0.1, -0.05) is 0 Å². The summed E-state index contributed by atoms with van der Waals surface area (Å²) in [6.07, 6.45) is 0.0611. The molecular formula is C10H13Cl2NO3Ru. The fourth-order valence-electron chi connectivity index (χ4n) is 1.16. The van der Waals surface area contributed by atoms with E-state index in [0.29, 0.717) is 11.5 Å². The fraction of sp³-hybridized carbons (Fsp3) is 0.300. The molecule has 0 unspecified atom stereocenters. The van der Waals surface area contributed by atoms with Gasteiger partial charge in [0, 0.05) is 0 Å². The molecule has 0 aliphatic carbocycles. The van der Waals surface area contributed by atoms with Crippen LogP contribution < -0.4 is 15.5 Å². The fourth-order valence-corrected chi connectivity index (χ4v) is 2.94. The average Bonchev–Trinajstić information content (AvgIpc) is 2.21. The molecule has 1 aromatic rings. The molecule has 0 saturated heterocycles. The Morgan fingerprint density at radius 2 is 2.06 bits per heavy atom. The zero-order valence-corrected chi connectivity index (χ0v) is 12.5. The molecule has 7 heteroatoms. The van der Waals surface area contributed by atoms with Crippen LogP contribution in [0.1, 0.15) is 19.4 Å². The van der Waals surface area contributed by atoms with Crippen LogP contribution in [0.5, 0.6) is 11.5 Å². The van der Waals surface area contributed by atoms with Crippen molar-refractivity contribution in [2.24, 2.45) is 5.90 Å². The summed E-state index contributed by atoms with van der Waals surface area (Å²) in [7, 11) is 11.7. The van der Waals surface area contributed by atoms with Crippen LogP contribution in [-0.4, -0.2) is 10.7 Å². The van der Waals surface area contributed by atoms with Gasteiger partial charge in [0.2, 0.25) is 0 Å². The summed E-state index contributed by atoms with van der Waals surface area (Å²) < 4.78 is 7.40. The first-order valence-electron chi connectivity index (χ1n) is 4.70. The standard InChI is InChI=1S/C10H13NO3.2ClH.Ru/c1-7(2)12-10-5-4-9(13-14-11)6-8(10)3;;;/h3-7H,11H2,1-2H3;2*1H;/q;;;+2/p-2. The van der Waals surface area contributed by atoms with Crippen molar-refractivity contribution >= 4 is 24.0 Å². The third-order valence-corrected chi connectivity index (χ3v) is 3.51. The van der Waals surface area contributed by atoms with Crippen molar-refractivity contribution < 1.29 is 28.1 Å². The Morgan fingerprint density at radius 1 is 1.35 bits per heavy atom. The van der Waals surface area contributed by atoms with E-state index in [-0.39, 0.29) is 6.10 Å². The first-order chi connectivity index (χ1) is 8.02. The molecule has 0 radical (unpaired) electrons. The van der Waals surface area contributed by atoms with Gasteiger partial charge >= 0.3 is 113 Å². The first-order valence-corrected chi connectivity index (χ1v) is 10.2. The summed E-state index contributed by atoms with van der Waals surface area (Å²) in [5, 5.41) is 0. The number of hydrogen-bond donors (Lipinski definition) is 1. The van der Waals surface area contributed by atoms with Gasteiger partial charge in [0.15, 0.2) is 0 Å². The Balaban J connectivity index is 3.07. The van der Waals surface area contributed by atoms with Crippen molar-refractivity contribution in [3.8, 4) is 11.5 Å². The zero-order chi connectivity index (χ0) is 12.8. The molecule has 0 aliphatic rings. The summed E-state index contributed by atoms with van der Waals surface area (Å²) in [5.74, 6) is 5.98. The number of nitrogens with two attached hydrogens (primary N) is 1. The van der Waals surface area contributed by atoms with Gasteiger partial charge in [-0.25, -0.2) is 0 Å². The predicted molar refractivity (Wildman–Crippen MR) is 65.0 cm³/mol. The van der Waals surface area contributed by atoms with E-state index in [1.165, 1.54) is 0 Å². The van der Waals surface area contributed by atoms with Crippen LogP contribution in [0.4, 0.5) is 0 Å². The SMILES string of the molecule is CC(C)Oc1ccc(OON)cc1[CH]=[Ru]([Cl])[Cl].